The van der Waals surface area contributed by atoms with E-state index in [-0.39, 0.29) is 17.4 Å². The third kappa shape index (κ3) is 3.75. The number of benzene rings is 2. The molecular weight excluding hydrogens is 339 g/mol. The number of aromatic nitrogens is 2. The zero-order valence-electron chi connectivity index (χ0n) is 13.8. The highest BCUT2D eigenvalue weighted by atomic mass is 19.1. The Balaban J connectivity index is 1.95. The molecule has 0 aliphatic heterocycles. The van der Waals surface area contributed by atoms with Gasteiger partial charge in [0.1, 0.15) is 17.9 Å². The summed E-state index contributed by atoms with van der Waals surface area (Å²) < 4.78 is 19.4. The van der Waals surface area contributed by atoms with Crippen LogP contribution in [0.3, 0.4) is 0 Å². The van der Waals surface area contributed by atoms with Gasteiger partial charge < -0.3 is 10.1 Å². The maximum absolute atomic E-state index is 13.8. The van der Waals surface area contributed by atoms with Gasteiger partial charge in [-0.15, -0.1) is 0 Å². The van der Waals surface area contributed by atoms with Crippen molar-refractivity contribution in [3.8, 4) is 11.6 Å². The van der Waals surface area contributed by atoms with Crippen molar-refractivity contribution in [1.29, 1.82) is 0 Å². The van der Waals surface area contributed by atoms with Crippen LogP contribution in [0.2, 0.25) is 0 Å². The Hall–Kier alpha value is -3.55. The van der Waals surface area contributed by atoms with E-state index >= 15 is 0 Å². The summed E-state index contributed by atoms with van der Waals surface area (Å²) in [5.74, 6) is -0.540. The monoisotopic (exact) mass is 354 g/mol. The predicted molar refractivity (Wildman–Crippen MR) is 94.3 cm³/mol. The number of halogens is 1. The van der Waals surface area contributed by atoms with Crippen LogP contribution in [0, 0.1) is 15.9 Å². The Kier molecular flexibility index (Phi) is 5.02. The Morgan fingerprint density at radius 3 is 2.54 bits per heavy atom. The topological polar surface area (TPSA) is 90.2 Å². The van der Waals surface area contributed by atoms with E-state index in [9.17, 15) is 14.5 Å². The van der Waals surface area contributed by atoms with Crippen LogP contribution in [0.1, 0.15) is 12.5 Å². The Morgan fingerprint density at radius 1 is 1.15 bits per heavy atom. The number of ether oxygens (including phenoxy) is 1. The van der Waals surface area contributed by atoms with Crippen LogP contribution in [0.25, 0.3) is 0 Å². The van der Waals surface area contributed by atoms with Crippen LogP contribution in [0.15, 0.2) is 54.9 Å². The van der Waals surface area contributed by atoms with Gasteiger partial charge in [-0.05, 0) is 36.2 Å². The highest BCUT2D eigenvalue weighted by Gasteiger charge is 2.25. The smallest absolute Gasteiger partial charge is 0.373 e. The SMILES string of the molecule is CCc1ccc(Oc2ncnc(Nc3ccccc3F)c2[N+](=O)[O-])cc1. The van der Waals surface area contributed by atoms with Crippen molar-refractivity contribution in [3.05, 3.63) is 76.4 Å². The second-order valence-corrected chi connectivity index (χ2v) is 5.34. The molecule has 0 amide bonds. The molecule has 0 spiro atoms. The minimum absolute atomic E-state index is 0.0625. The lowest BCUT2D eigenvalue weighted by molar-refractivity contribution is -0.385. The number of nitrogens with one attached hydrogen (secondary N) is 1. The number of anilines is 2. The molecule has 132 valence electrons. The van der Waals surface area contributed by atoms with Crippen molar-refractivity contribution >= 4 is 17.2 Å². The number of hydrogen-bond donors (Lipinski definition) is 1. The van der Waals surface area contributed by atoms with Crippen molar-refractivity contribution in [2.45, 2.75) is 13.3 Å². The highest BCUT2D eigenvalue weighted by molar-refractivity contribution is 5.69. The first-order chi connectivity index (χ1) is 12.6. The average Bonchev–Trinajstić information content (AvgIpc) is 2.64. The highest BCUT2D eigenvalue weighted by Crippen LogP contribution is 2.35. The van der Waals surface area contributed by atoms with Crippen LogP contribution in [-0.4, -0.2) is 14.9 Å². The molecule has 0 unspecified atom stereocenters. The fraction of sp³-hybridized carbons (Fsp3) is 0.111. The standard InChI is InChI=1S/C18H15FN4O3/c1-2-12-7-9-13(10-8-12)26-18-16(23(24)25)17(20-11-21-18)22-15-6-4-3-5-14(15)19/h3-11H,2H2,1H3,(H,20,21,22). The maximum Gasteiger partial charge on any atom is 0.373 e. The van der Waals surface area contributed by atoms with Crippen molar-refractivity contribution in [3.63, 3.8) is 0 Å². The molecule has 7 nitrogen and oxygen atoms in total. The van der Waals surface area contributed by atoms with Crippen LogP contribution >= 0.6 is 0 Å². The molecule has 2 aromatic carbocycles. The summed E-state index contributed by atoms with van der Waals surface area (Å²) in [5.41, 5.74) is 0.694. The average molecular weight is 354 g/mol. The van der Waals surface area contributed by atoms with Gasteiger partial charge in [-0.1, -0.05) is 31.2 Å². The molecule has 3 aromatic rings. The van der Waals surface area contributed by atoms with E-state index in [1.54, 1.807) is 18.2 Å². The van der Waals surface area contributed by atoms with Gasteiger partial charge in [0.2, 0.25) is 5.82 Å². The third-order valence-electron chi connectivity index (χ3n) is 3.64. The van der Waals surface area contributed by atoms with Crippen molar-refractivity contribution in [2.24, 2.45) is 0 Å². The van der Waals surface area contributed by atoms with Crippen LogP contribution < -0.4 is 10.1 Å². The molecule has 0 atom stereocenters. The fourth-order valence-electron chi connectivity index (χ4n) is 2.29. The number of para-hydroxylation sites is 1. The second-order valence-electron chi connectivity index (χ2n) is 5.34. The second kappa shape index (κ2) is 7.56. The van der Waals surface area contributed by atoms with E-state index in [0.717, 1.165) is 18.3 Å². The summed E-state index contributed by atoms with van der Waals surface area (Å²) in [7, 11) is 0. The van der Waals surface area contributed by atoms with Crippen molar-refractivity contribution in [1.82, 2.24) is 9.97 Å². The van der Waals surface area contributed by atoms with Gasteiger partial charge in [0, 0.05) is 0 Å². The van der Waals surface area contributed by atoms with Crippen LogP contribution in [-0.2, 0) is 6.42 Å². The first-order valence-electron chi connectivity index (χ1n) is 7.86. The van der Waals surface area contributed by atoms with Crippen LogP contribution in [0.4, 0.5) is 21.6 Å². The van der Waals surface area contributed by atoms with E-state index in [4.69, 9.17) is 4.74 Å². The summed E-state index contributed by atoms with van der Waals surface area (Å²) in [5, 5.41) is 14.1. The van der Waals surface area contributed by atoms with E-state index in [1.165, 1.54) is 18.2 Å². The van der Waals surface area contributed by atoms with Gasteiger partial charge in [0.25, 0.3) is 0 Å². The van der Waals surface area contributed by atoms with Crippen molar-refractivity contribution in [2.75, 3.05) is 5.32 Å². The number of rotatable bonds is 6. The molecule has 0 bridgehead atoms. The quantitative estimate of drug-likeness (QED) is 0.513. The van der Waals surface area contributed by atoms with Gasteiger partial charge >= 0.3 is 11.6 Å². The number of nitro groups is 1. The first-order valence-corrected chi connectivity index (χ1v) is 7.86. The summed E-state index contributed by atoms with van der Waals surface area (Å²) in [4.78, 5) is 18.6. The molecule has 26 heavy (non-hydrogen) atoms. The van der Waals surface area contributed by atoms with E-state index in [2.05, 4.69) is 15.3 Å². The molecule has 1 N–H and O–H groups in total. The first kappa shape index (κ1) is 17.3. The van der Waals surface area contributed by atoms with Crippen molar-refractivity contribution < 1.29 is 14.1 Å². The Labute approximate surface area is 148 Å². The minimum Gasteiger partial charge on any atom is -0.434 e. The Bertz CT molecular complexity index is 932. The van der Waals surface area contributed by atoms with E-state index in [0.29, 0.717) is 5.75 Å². The number of hydrogen-bond acceptors (Lipinski definition) is 6. The lowest BCUT2D eigenvalue weighted by Gasteiger charge is -2.10. The fourth-order valence-corrected chi connectivity index (χ4v) is 2.29. The van der Waals surface area contributed by atoms with Crippen LogP contribution in [0.5, 0.6) is 11.6 Å². The molecular formula is C18H15FN4O3. The molecule has 1 heterocycles. The number of nitrogens with zero attached hydrogens (tertiary/aromatic N) is 3. The minimum atomic E-state index is -0.668. The number of aryl methyl sites for hydroxylation is 1. The van der Waals surface area contributed by atoms with Gasteiger partial charge in [-0.25, -0.2) is 9.37 Å². The zero-order valence-corrected chi connectivity index (χ0v) is 13.8. The Morgan fingerprint density at radius 2 is 1.88 bits per heavy atom. The predicted octanol–water partition coefficient (Wildman–Crippen LogP) is 4.62. The maximum atomic E-state index is 13.8. The molecule has 3 rings (SSSR count). The summed E-state index contributed by atoms with van der Waals surface area (Å²) in [6.07, 6.45) is 1.98. The van der Waals surface area contributed by atoms with Gasteiger partial charge in [0.05, 0.1) is 10.6 Å². The molecule has 0 fully saturated rings. The largest absolute Gasteiger partial charge is 0.434 e. The van der Waals surface area contributed by atoms with Gasteiger partial charge in [-0.2, -0.15) is 4.98 Å². The lowest BCUT2D eigenvalue weighted by Crippen LogP contribution is -2.04. The zero-order chi connectivity index (χ0) is 18.5. The molecule has 0 aliphatic carbocycles. The molecule has 8 heteroatoms. The molecule has 1 aromatic heterocycles. The summed E-state index contributed by atoms with van der Waals surface area (Å²) in [6.45, 7) is 2.02. The van der Waals surface area contributed by atoms with E-state index in [1.807, 2.05) is 19.1 Å². The van der Waals surface area contributed by atoms with E-state index < -0.39 is 16.4 Å². The lowest BCUT2D eigenvalue weighted by atomic mass is 10.2. The third-order valence-corrected chi connectivity index (χ3v) is 3.64. The molecule has 0 saturated heterocycles. The molecule has 0 saturated carbocycles. The molecule has 0 radical (unpaired) electrons. The normalized spacial score (nSPS) is 10.4. The molecule has 0 aliphatic rings. The summed E-state index contributed by atoms with van der Waals surface area (Å²) in [6, 6.07) is 12.9. The van der Waals surface area contributed by atoms with Gasteiger partial charge in [-0.3, -0.25) is 10.1 Å². The summed E-state index contributed by atoms with van der Waals surface area (Å²) >= 11 is 0. The van der Waals surface area contributed by atoms with Gasteiger partial charge in [0.15, 0.2) is 0 Å².